The summed E-state index contributed by atoms with van der Waals surface area (Å²) in [4.78, 5) is 8.72. The van der Waals surface area contributed by atoms with Crippen molar-refractivity contribution in [3.63, 3.8) is 0 Å². The second-order valence-corrected chi connectivity index (χ2v) is 12.7. The molecule has 1 aromatic carbocycles. The molecule has 9 nitrogen and oxygen atoms in total. The fraction of sp³-hybridized carbons (Fsp3) is 0.217. The first kappa shape index (κ1) is 28.3. The van der Waals surface area contributed by atoms with Crippen LogP contribution in [0.25, 0.3) is 16.8 Å². The Morgan fingerprint density at radius 3 is 2.27 bits per heavy atom. The number of sulfonamides is 1. The standard InChI is InChI=1S/C22H20F2N4O3S.CH3ClO2S/c1-14-18(11-15-5-3-4-6-19(15)31-22(23)24)28-13-17(8-10-21(28)26-14)16-7-9-20(25-12-16)27-32(2,29)30;1-5(2,3)4/h3-10,12-13,22H,11H2,1-2H3,(H,25,27);1H3. The molecule has 0 aliphatic heterocycles. The number of aryl methyl sites for hydroxylation is 1. The third kappa shape index (κ3) is 8.65. The van der Waals surface area contributed by atoms with Gasteiger partial charge in [-0.05, 0) is 37.3 Å². The highest BCUT2D eigenvalue weighted by Gasteiger charge is 2.15. The van der Waals surface area contributed by atoms with Crippen LogP contribution in [-0.2, 0) is 25.5 Å². The Bertz CT molecular complexity index is 1600. The van der Waals surface area contributed by atoms with Gasteiger partial charge in [-0.2, -0.15) is 8.78 Å². The lowest BCUT2D eigenvalue weighted by Gasteiger charge is -2.11. The van der Waals surface area contributed by atoms with E-state index in [1.807, 2.05) is 29.7 Å². The molecule has 0 aliphatic rings. The van der Waals surface area contributed by atoms with E-state index < -0.39 is 25.7 Å². The van der Waals surface area contributed by atoms with E-state index in [0.29, 0.717) is 12.0 Å². The molecule has 14 heteroatoms. The van der Waals surface area contributed by atoms with Crippen LogP contribution in [0.5, 0.6) is 5.75 Å². The van der Waals surface area contributed by atoms with Gasteiger partial charge >= 0.3 is 6.61 Å². The second-order valence-electron chi connectivity index (χ2n) is 7.94. The number of hydrogen-bond acceptors (Lipinski definition) is 7. The quantitative estimate of drug-likeness (QED) is 0.325. The van der Waals surface area contributed by atoms with Gasteiger partial charge in [0.1, 0.15) is 17.2 Å². The number of pyridine rings is 2. The number of imidazole rings is 1. The normalized spacial score (nSPS) is 11.8. The first-order valence-corrected chi connectivity index (χ1v) is 15.1. The van der Waals surface area contributed by atoms with E-state index in [1.54, 1.807) is 36.5 Å². The van der Waals surface area contributed by atoms with Crippen molar-refractivity contribution in [3.8, 4) is 16.9 Å². The first-order valence-electron chi connectivity index (χ1n) is 10.5. The summed E-state index contributed by atoms with van der Waals surface area (Å²) < 4.78 is 76.0. The van der Waals surface area contributed by atoms with Crippen LogP contribution >= 0.6 is 10.7 Å². The minimum atomic E-state index is -3.41. The number of nitrogens with zero attached hydrogens (tertiary/aromatic N) is 3. The van der Waals surface area contributed by atoms with E-state index in [-0.39, 0.29) is 11.6 Å². The molecule has 0 amide bonds. The number of aromatic nitrogens is 3. The van der Waals surface area contributed by atoms with Crippen molar-refractivity contribution < 1.29 is 30.4 Å². The largest absolute Gasteiger partial charge is 0.435 e. The summed E-state index contributed by atoms with van der Waals surface area (Å²) >= 11 is 0. The molecule has 0 atom stereocenters. The fourth-order valence-electron chi connectivity index (χ4n) is 3.45. The van der Waals surface area contributed by atoms with Gasteiger partial charge in [0.15, 0.2) is 0 Å². The van der Waals surface area contributed by atoms with Crippen molar-refractivity contribution in [1.82, 2.24) is 14.4 Å². The molecule has 0 saturated carbocycles. The molecule has 3 heterocycles. The minimum absolute atomic E-state index is 0.131. The maximum Gasteiger partial charge on any atom is 0.387 e. The van der Waals surface area contributed by atoms with Crippen LogP contribution < -0.4 is 9.46 Å². The number of para-hydroxylation sites is 1. The van der Waals surface area contributed by atoms with E-state index in [9.17, 15) is 25.6 Å². The highest BCUT2D eigenvalue weighted by molar-refractivity contribution is 8.13. The molecule has 37 heavy (non-hydrogen) atoms. The van der Waals surface area contributed by atoms with Gasteiger partial charge in [-0.3, -0.25) is 4.72 Å². The van der Waals surface area contributed by atoms with Gasteiger partial charge in [0.05, 0.1) is 18.2 Å². The van der Waals surface area contributed by atoms with Gasteiger partial charge in [0.25, 0.3) is 0 Å². The molecule has 1 N–H and O–H groups in total. The molecule has 198 valence electrons. The fourth-order valence-corrected chi connectivity index (χ4v) is 3.95. The lowest BCUT2D eigenvalue weighted by atomic mass is 10.1. The average Bonchev–Trinajstić information content (AvgIpc) is 3.07. The van der Waals surface area contributed by atoms with Gasteiger partial charge < -0.3 is 9.14 Å². The van der Waals surface area contributed by atoms with E-state index >= 15 is 0 Å². The van der Waals surface area contributed by atoms with Crippen molar-refractivity contribution in [2.75, 3.05) is 17.2 Å². The van der Waals surface area contributed by atoms with Crippen molar-refractivity contribution in [2.24, 2.45) is 0 Å². The molecule has 0 saturated heterocycles. The number of benzene rings is 1. The Morgan fingerprint density at radius 1 is 1.03 bits per heavy atom. The average molecular weight is 573 g/mol. The maximum atomic E-state index is 12.8. The zero-order valence-corrected chi connectivity index (χ0v) is 22.3. The molecule has 0 spiro atoms. The topological polar surface area (TPSA) is 120 Å². The number of fused-ring (bicyclic) bond motifs is 1. The number of alkyl halides is 2. The Balaban J connectivity index is 0.000000695. The number of hydrogen-bond donors (Lipinski definition) is 1. The highest BCUT2D eigenvalue weighted by atomic mass is 35.7. The SMILES string of the molecule is CS(=O)(=O)Cl.Cc1nc2ccc(-c3ccc(NS(C)(=O)=O)nc3)cn2c1Cc1ccccc1OC(F)F. The molecule has 0 aliphatic carbocycles. The molecule has 4 rings (SSSR count). The molecule has 0 bridgehead atoms. The summed E-state index contributed by atoms with van der Waals surface area (Å²) in [6.45, 7) is -1.04. The Labute approximate surface area is 217 Å². The van der Waals surface area contributed by atoms with E-state index in [0.717, 1.165) is 40.7 Å². The summed E-state index contributed by atoms with van der Waals surface area (Å²) in [5, 5.41) is 0. The Morgan fingerprint density at radius 2 is 1.68 bits per heavy atom. The molecule has 0 unspecified atom stereocenters. The van der Waals surface area contributed by atoms with Crippen LogP contribution in [0.2, 0.25) is 0 Å². The number of rotatable bonds is 7. The monoisotopic (exact) mass is 572 g/mol. The molecule has 3 aromatic heterocycles. The maximum absolute atomic E-state index is 12.8. The number of halogens is 3. The van der Waals surface area contributed by atoms with Crippen LogP contribution in [0.15, 0.2) is 60.9 Å². The van der Waals surface area contributed by atoms with Gasteiger partial charge in [-0.1, -0.05) is 18.2 Å². The Kier molecular flexibility index (Phi) is 8.72. The third-order valence-electron chi connectivity index (χ3n) is 4.85. The first-order chi connectivity index (χ1) is 17.2. The lowest BCUT2D eigenvalue weighted by molar-refractivity contribution is -0.0504. The highest BCUT2D eigenvalue weighted by Crippen LogP contribution is 2.27. The van der Waals surface area contributed by atoms with E-state index in [2.05, 4.69) is 30.1 Å². The van der Waals surface area contributed by atoms with Gasteiger partial charge in [-0.15, -0.1) is 0 Å². The van der Waals surface area contributed by atoms with Crippen LogP contribution in [0.3, 0.4) is 0 Å². The van der Waals surface area contributed by atoms with Crippen molar-refractivity contribution >= 4 is 41.2 Å². The summed E-state index contributed by atoms with van der Waals surface area (Å²) in [5.74, 6) is 0.360. The second kappa shape index (κ2) is 11.4. The zero-order chi connectivity index (χ0) is 27.4. The van der Waals surface area contributed by atoms with Crippen LogP contribution in [0, 0.1) is 6.92 Å². The van der Waals surface area contributed by atoms with Crippen molar-refractivity contribution in [2.45, 2.75) is 20.0 Å². The molecular weight excluding hydrogens is 550 g/mol. The van der Waals surface area contributed by atoms with Gasteiger partial charge in [0, 0.05) is 51.9 Å². The van der Waals surface area contributed by atoms with Gasteiger partial charge in [0.2, 0.25) is 19.1 Å². The molecule has 4 aromatic rings. The number of anilines is 1. The van der Waals surface area contributed by atoms with Crippen LogP contribution in [0.4, 0.5) is 14.6 Å². The van der Waals surface area contributed by atoms with Crippen molar-refractivity contribution in [1.29, 1.82) is 0 Å². The number of ether oxygens (including phenoxy) is 1. The van der Waals surface area contributed by atoms with Crippen molar-refractivity contribution in [3.05, 3.63) is 77.9 Å². The third-order valence-corrected chi connectivity index (χ3v) is 5.43. The molecular formula is C23H23ClF2N4O5S2. The van der Waals surface area contributed by atoms with Crippen LogP contribution in [-0.4, -0.2) is 50.3 Å². The lowest BCUT2D eigenvalue weighted by Crippen LogP contribution is -2.10. The van der Waals surface area contributed by atoms with E-state index in [4.69, 9.17) is 0 Å². The summed E-state index contributed by atoms with van der Waals surface area (Å²) in [7, 11) is -2.10. The summed E-state index contributed by atoms with van der Waals surface area (Å²) in [5.41, 5.74) is 4.59. The van der Waals surface area contributed by atoms with E-state index in [1.165, 1.54) is 6.07 Å². The number of nitrogens with one attached hydrogen (secondary N) is 1. The minimum Gasteiger partial charge on any atom is -0.435 e. The summed E-state index contributed by atoms with van der Waals surface area (Å²) in [6, 6.07) is 13.8. The smallest absolute Gasteiger partial charge is 0.387 e. The Hall–Kier alpha value is -3.29. The van der Waals surface area contributed by atoms with Crippen LogP contribution in [0.1, 0.15) is 17.0 Å². The van der Waals surface area contributed by atoms with Gasteiger partial charge in [-0.25, -0.2) is 26.8 Å². The zero-order valence-electron chi connectivity index (χ0n) is 19.9. The molecule has 0 radical (unpaired) electrons. The predicted molar refractivity (Wildman–Crippen MR) is 138 cm³/mol. The predicted octanol–water partition coefficient (Wildman–Crippen LogP) is 4.45. The molecule has 0 fully saturated rings. The summed E-state index contributed by atoms with van der Waals surface area (Å²) in [6.07, 6.45) is 5.80.